The standard InChI is InChI=1S/C27H28O8/c1-31-17-8-6-16(7-9-17)27-19(15-5-10-20(28)21(11-15)33-3)14-24(29)26(27,30)25-22(34-4)12-18(32-2)13-23(25)35-27/h5-13,19,24,28-30H,14H2,1-4H3. The highest BCUT2D eigenvalue weighted by molar-refractivity contribution is 5.63. The minimum Gasteiger partial charge on any atom is -0.504 e. The van der Waals surface area contributed by atoms with Crippen LogP contribution in [0.2, 0.25) is 0 Å². The fourth-order valence-corrected chi connectivity index (χ4v) is 5.65. The van der Waals surface area contributed by atoms with Crippen molar-refractivity contribution in [2.45, 2.75) is 29.6 Å². The van der Waals surface area contributed by atoms with Crippen LogP contribution >= 0.6 is 0 Å². The summed E-state index contributed by atoms with van der Waals surface area (Å²) in [5.41, 5.74) is -1.55. The van der Waals surface area contributed by atoms with Crippen molar-refractivity contribution in [1.29, 1.82) is 0 Å². The number of aromatic hydroxyl groups is 1. The van der Waals surface area contributed by atoms with Gasteiger partial charge in [-0.1, -0.05) is 18.2 Å². The first kappa shape index (κ1) is 23.1. The monoisotopic (exact) mass is 480 g/mol. The van der Waals surface area contributed by atoms with E-state index in [1.807, 2.05) is 12.1 Å². The maximum atomic E-state index is 12.5. The third kappa shape index (κ3) is 3.06. The van der Waals surface area contributed by atoms with Crippen LogP contribution in [0.5, 0.6) is 34.5 Å². The Kier molecular flexibility index (Phi) is 5.45. The van der Waals surface area contributed by atoms with Gasteiger partial charge >= 0.3 is 0 Å². The molecule has 3 aromatic rings. The van der Waals surface area contributed by atoms with Gasteiger partial charge in [-0.3, -0.25) is 0 Å². The summed E-state index contributed by atoms with van der Waals surface area (Å²) in [7, 11) is 6.07. The molecule has 5 rings (SSSR count). The Bertz CT molecular complexity index is 1260. The van der Waals surface area contributed by atoms with Gasteiger partial charge in [-0.05, 0) is 41.8 Å². The van der Waals surface area contributed by atoms with E-state index in [2.05, 4.69) is 0 Å². The Morgan fingerprint density at radius 2 is 1.51 bits per heavy atom. The molecule has 1 aliphatic heterocycles. The fraction of sp³-hybridized carbons (Fsp3) is 0.333. The number of benzene rings is 3. The first-order valence-corrected chi connectivity index (χ1v) is 11.2. The minimum atomic E-state index is -1.86. The van der Waals surface area contributed by atoms with E-state index in [0.717, 1.165) is 5.56 Å². The van der Waals surface area contributed by atoms with Crippen LogP contribution in [-0.4, -0.2) is 49.9 Å². The maximum Gasteiger partial charge on any atom is 0.176 e. The number of methoxy groups -OCH3 is 4. The Hall–Kier alpha value is -3.62. The maximum absolute atomic E-state index is 12.5. The van der Waals surface area contributed by atoms with Crippen molar-refractivity contribution >= 4 is 0 Å². The SMILES string of the molecule is COc1ccc(C23Oc4cc(OC)cc(OC)c4C2(O)C(O)CC3c2ccc(O)c(OC)c2)cc1. The lowest BCUT2D eigenvalue weighted by molar-refractivity contribution is -0.150. The minimum absolute atomic E-state index is 0.00872. The molecule has 4 atom stereocenters. The second kappa shape index (κ2) is 8.25. The van der Waals surface area contributed by atoms with E-state index in [1.165, 1.54) is 27.4 Å². The number of hydrogen-bond donors (Lipinski definition) is 3. The molecule has 1 aliphatic carbocycles. The van der Waals surface area contributed by atoms with Gasteiger partial charge in [0.25, 0.3) is 0 Å². The van der Waals surface area contributed by atoms with Crippen LogP contribution in [0.25, 0.3) is 0 Å². The summed E-state index contributed by atoms with van der Waals surface area (Å²) in [6, 6.07) is 15.5. The molecular weight excluding hydrogens is 452 g/mol. The van der Waals surface area contributed by atoms with Crippen LogP contribution in [-0.2, 0) is 11.2 Å². The zero-order valence-corrected chi connectivity index (χ0v) is 19.9. The van der Waals surface area contributed by atoms with E-state index in [1.54, 1.807) is 43.5 Å². The quantitative estimate of drug-likeness (QED) is 0.493. The van der Waals surface area contributed by atoms with E-state index in [0.29, 0.717) is 34.1 Å². The van der Waals surface area contributed by atoms with Crippen LogP contribution in [0.15, 0.2) is 54.6 Å². The summed E-state index contributed by atoms with van der Waals surface area (Å²) in [5, 5.41) is 34.1. The van der Waals surface area contributed by atoms with Crippen LogP contribution in [0.3, 0.4) is 0 Å². The topological polar surface area (TPSA) is 107 Å². The van der Waals surface area contributed by atoms with E-state index in [9.17, 15) is 15.3 Å². The van der Waals surface area contributed by atoms with E-state index in [4.69, 9.17) is 23.7 Å². The van der Waals surface area contributed by atoms with Crippen LogP contribution in [0.4, 0.5) is 0 Å². The van der Waals surface area contributed by atoms with Gasteiger partial charge in [0.1, 0.15) is 23.0 Å². The first-order valence-electron chi connectivity index (χ1n) is 11.2. The molecule has 2 aliphatic rings. The summed E-state index contributed by atoms with van der Waals surface area (Å²) in [5.74, 6) is 1.59. The average molecular weight is 481 g/mol. The molecule has 1 fully saturated rings. The van der Waals surface area contributed by atoms with Crippen molar-refractivity contribution in [2.24, 2.45) is 0 Å². The molecule has 0 spiro atoms. The molecule has 35 heavy (non-hydrogen) atoms. The zero-order valence-electron chi connectivity index (χ0n) is 19.9. The number of phenolic OH excluding ortho intramolecular Hbond substituents is 1. The molecule has 0 saturated heterocycles. The fourth-order valence-electron chi connectivity index (χ4n) is 5.65. The van der Waals surface area contributed by atoms with Gasteiger partial charge in [0.2, 0.25) is 0 Å². The lowest BCUT2D eigenvalue weighted by Gasteiger charge is -2.41. The number of fused-ring (bicyclic) bond motifs is 3. The second-order valence-corrected chi connectivity index (χ2v) is 8.77. The van der Waals surface area contributed by atoms with Crippen molar-refractivity contribution in [3.05, 3.63) is 71.3 Å². The molecular formula is C27H28O8. The predicted octanol–water partition coefficient (Wildman–Crippen LogP) is 3.45. The molecule has 0 bridgehead atoms. The normalized spacial score (nSPS) is 26.5. The number of phenols is 1. The van der Waals surface area contributed by atoms with E-state index in [-0.39, 0.29) is 17.9 Å². The Labute approximate surface area is 203 Å². The molecule has 0 aromatic heterocycles. The largest absolute Gasteiger partial charge is 0.504 e. The van der Waals surface area contributed by atoms with Gasteiger partial charge in [-0.25, -0.2) is 0 Å². The van der Waals surface area contributed by atoms with Gasteiger partial charge in [0.05, 0.1) is 40.1 Å². The number of rotatable bonds is 6. The third-order valence-corrected chi connectivity index (χ3v) is 7.27. The highest BCUT2D eigenvalue weighted by atomic mass is 16.5. The van der Waals surface area contributed by atoms with Crippen molar-refractivity contribution in [2.75, 3.05) is 28.4 Å². The summed E-state index contributed by atoms with van der Waals surface area (Å²) < 4.78 is 28.4. The molecule has 0 radical (unpaired) electrons. The molecule has 1 saturated carbocycles. The summed E-state index contributed by atoms with van der Waals surface area (Å²) >= 11 is 0. The molecule has 8 nitrogen and oxygen atoms in total. The molecule has 1 heterocycles. The molecule has 8 heteroatoms. The van der Waals surface area contributed by atoms with E-state index >= 15 is 0 Å². The smallest absolute Gasteiger partial charge is 0.176 e. The molecule has 0 amide bonds. The van der Waals surface area contributed by atoms with Crippen molar-refractivity contribution in [3.63, 3.8) is 0 Å². The van der Waals surface area contributed by atoms with Crippen molar-refractivity contribution < 1.29 is 39.0 Å². The Morgan fingerprint density at radius 3 is 2.14 bits per heavy atom. The van der Waals surface area contributed by atoms with Gasteiger partial charge < -0.3 is 39.0 Å². The predicted molar refractivity (Wildman–Crippen MR) is 127 cm³/mol. The van der Waals surface area contributed by atoms with Gasteiger partial charge in [-0.2, -0.15) is 0 Å². The zero-order chi connectivity index (χ0) is 25.0. The van der Waals surface area contributed by atoms with Crippen molar-refractivity contribution in [1.82, 2.24) is 0 Å². The summed E-state index contributed by atoms with van der Waals surface area (Å²) in [6.45, 7) is 0. The van der Waals surface area contributed by atoms with Gasteiger partial charge in [0, 0.05) is 18.1 Å². The highest BCUT2D eigenvalue weighted by Gasteiger charge is 2.73. The van der Waals surface area contributed by atoms with Crippen LogP contribution in [0, 0.1) is 0 Å². The van der Waals surface area contributed by atoms with Crippen LogP contribution in [0.1, 0.15) is 29.0 Å². The molecule has 3 N–H and O–H groups in total. The third-order valence-electron chi connectivity index (χ3n) is 7.27. The summed E-state index contributed by atoms with van der Waals surface area (Å²) in [4.78, 5) is 0. The second-order valence-electron chi connectivity index (χ2n) is 8.77. The van der Waals surface area contributed by atoms with Gasteiger partial charge in [0.15, 0.2) is 22.7 Å². The molecule has 4 unspecified atom stereocenters. The lowest BCUT2D eigenvalue weighted by Crippen LogP contribution is -2.52. The van der Waals surface area contributed by atoms with Gasteiger partial charge in [-0.15, -0.1) is 0 Å². The first-order chi connectivity index (χ1) is 16.8. The Morgan fingerprint density at radius 1 is 0.829 bits per heavy atom. The van der Waals surface area contributed by atoms with E-state index < -0.39 is 23.2 Å². The molecule has 3 aromatic carbocycles. The lowest BCUT2D eigenvalue weighted by atomic mass is 9.71. The number of aliphatic hydroxyl groups is 2. The summed E-state index contributed by atoms with van der Waals surface area (Å²) in [6.07, 6.45) is -1.01. The number of hydrogen-bond acceptors (Lipinski definition) is 8. The van der Waals surface area contributed by atoms with Crippen LogP contribution < -0.4 is 23.7 Å². The average Bonchev–Trinajstić information content (AvgIpc) is 3.28. The number of aliphatic hydroxyl groups excluding tert-OH is 1. The highest BCUT2D eigenvalue weighted by Crippen LogP contribution is 2.68. The molecule has 184 valence electrons. The Balaban J connectivity index is 1.80. The number of ether oxygens (including phenoxy) is 5. The van der Waals surface area contributed by atoms with Crippen molar-refractivity contribution in [3.8, 4) is 34.5 Å².